The van der Waals surface area contributed by atoms with Gasteiger partial charge in [0.2, 0.25) is 15.9 Å². The summed E-state index contributed by atoms with van der Waals surface area (Å²) in [7, 11) is -4.68. The van der Waals surface area contributed by atoms with Crippen molar-refractivity contribution in [2.24, 2.45) is 5.92 Å². The Morgan fingerprint density at radius 2 is 1.57 bits per heavy atom. The van der Waals surface area contributed by atoms with Crippen LogP contribution >= 0.6 is 0 Å². The fourth-order valence-corrected chi connectivity index (χ4v) is 6.96. The monoisotopic (exact) mass is 591 g/mol. The average Bonchev–Trinajstić information content (AvgIpc) is 2.94. The van der Waals surface area contributed by atoms with Crippen molar-refractivity contribution < 1.29 is 35.5 Å². The van der Waals surface area contributed by atoms with Crippen molar-refractivity contribution in [1.29, 1.82) is 0 Å². The van der Waals surface area contributed by atoms with E-state index < -0.39 is 31.8 Å². The first-order chi connectivity index (χ1) is 19.0. The minimum Gasteiger partial charge on any atom is -0.497 e. The molecule has 0 saturated carbocycles. The number of nitrogens with one attached hydrogen (secondary N) is 2. The zero-order valence-corrected chi connectivity index (χ0v) is 23.6. The molecule has 0 aromatic heterocycles. The first-order valence-electron chi connectivity index (χ1n) is 12.4. The fourth-order valence-electron chi connectivity index (χ4n) is 4.34. The molecule has 1 amide bonds. The van der Waals surface area contributed by atoms with E-state index >= 15 is 0 Å². The largest absolute Gasteiger partial charge is 0.497 e. The number of sulfonamides is 2. The second-order valence-electron chi connectivity index (χ2n) is 9.24. The third-order valence-corrected chi connectivity index (χ3v) is 9.80. The van der Waals surface area contributed by atoms with E-state index in [-0.39, 0.29) is 35.3 Å². The predicted molar refractivity (Wildman–Crippen MR) is 149 cm³/mol. The Labute approximate surface area is 233 Å². The van der Waals surface area contributed by atoms with E-state index in [1.807, 2.05) is 0 Å². The Bertz CT molecular complexity index is 1550. The lowest BCUT2D eigenvalue weighted by Crippen LogP contribution is -2.41. The molecule has 10 nitrogen and oxygen atoms in total. The molecule has 0 spiro atoms. The van der Waals surface area contributed by atoms with Crippen molar-refractivity contribution in [3.8, 4) is 11.5 Å². The molecule has 0 atom stereocenters. The topological polar surface area (TPSA) is 131 Å². The first-order valence-corrected chi connectivity index (χ1v) is 15.5. The normalized spacial score (nSPS) is 14.9. The summed E-state index contributed by atoms with van der Waals surface area (Å²) in [6.07, 6.45) is 0.681. The third kappa shape index (κ3) is 7.09. The minimum absolute atomic E-state index is 0.0185. The molecular formula is C27H30FN3O7S2. The van der Waals surface area contributed by atoms with E-state index in [9.17, 15) is 26.0 Å². The van der Waals surface area contributed by atoms with Gasteiger partial charge < -0.3 is 14.8 Å². The van der Waals surface area contributed by atoms with Crippen LogP contribution in [0.3, 0.4) is 0 Å². The number of rotatable bonds is 10. The van der Waals surface area contributed by atoms with Gasteiger partial charge >= 0.3 is 0 Å². The number of methoxy groups -OCH3 is 2. The smallest absolute Gasteiger partial charge is 0.262 e. The van der Waals surface area contributed by atoms with Crippen molar-refractivity contribution in [3.63, 3.8) is 0 Å². The van der Waals surface area contributed by atoms with E-state index in [0.717, 1.165) is 0 Å². The molecule has 3 aromatic carbocycles. The molecule has 0 unspecified atom stereocenters. The van der Waals surface area contributed by atoms with Crippen molar-refractivity contribution in [3.05, 3.63) is 78.1 Å². The summed E-state index contributed by atoms with van der Waals surface area (Å²) in [4.78, 5) is 12.8. The summed E-state index contributed by atoms with van der Waals surface area (Å²) >= 11 is 0. The van der Waals surface area contributed by atoms with Crippen LogP contribution in [0.4, 0.5) is 15.8 Å². The maximum Gasteiger partial charge on any atom is 0.262 e. The molecule has 1 aliphatic rings. The van der Waals surface area contributed by atoms with Gasteiger partial charge in [-0.15, -0.1) is 0 Å². The fraction of sp³-hybridized carbons (Fsp3) is 0.296. The molecule has 40 heavy (non-hydrogen) atoms. The minimum atomic E-state index is -3.96. The maximum absolute atomic E-state index is 13.1. The molecule has 4 rings (SSSR count). The number of anilines is 2. The summed E-state index contributed by atoms with van der Waals surface area (Å²) in [6.45, 7) is 0.385. The van der Waals surface area contributed by atoms with Crippen LogP contribution in [0.2, 0.25) is 0 Å². The van der Waals surface area contributed by atoms with Crippen LogP contribution in [0.15, 0.2) is 71.6 Å². The summed E-state index contributed by atoms with van der Waals surface area (Å²) in [5.74, 6) is -0.572. The Kier molecular flexibility index (Phi) is 8.96. The van der Waals surface area contributed by atoms with Crippen molar-refractivity contribution in [2.75, 3.05) is 37.3 Å². The van der Waals surface area contributed by atoms with Gasteiger partial charge in [-0.05, 0) is 66.9 Å². The summed E-state index contributed by atoms with van der Waals surface area (Å²) in [5, 5.41) is 2.78. The Hall–Kier alpha value is -3.68. The van der Waals surface area contributed by atoms with Crippen LogP contribution in [0.25, 0.3) is 0 Å². The highest BCUT2D eigenvalue weighted by Crippen LogP contribution is 2.31. The van der Waals surface area contributed by atoms with Crippen LogP contribution < -0.4 is 19.5 Å². The number of hydrogen-bond donors (Lipinski definition) is 2. The molecule has 214 valence electrons. The molecule has 2 N–H and O–H groups in total. The second-order valence-corrected chi connectivity index (χ2v) is 12.9. The third-order valence-electron chi connectivity index (χ3n) is 6.56. The number of hydrogen-bond acceptors (Lipinski definition) is 7. The highest BCUT2D eigenvalue weighted by atomic mass is 32.2. The lowest BCUT2D eigenvalue weighted by atomic mass is 9.97. The first kappa shape index (κ1) is 29.3. The Morgan fingerprint density at radius 3 is 2.17 bits per heavy atom. The van der Waals surface area contributed by atoms with Gasteiger partial charge in [0.05, 0.1) is 30.6 Å². The van der Waals surface area contributed by atoms with E-state index in [0.29, 0.717) is 35.6 Å². The SMILES string of the molecule is COc1ccc(OC)c(NS(=O)(=O)c2ccc(NC(=O)C3CCN(S(=O)(=O)Cc4ccc(F)cc4)CC3)cc2)c1. The number of ether oxygens (including phenoxy) is 2. The van der Waals surface area contributed by atoms with Gasteiger partial charge in [0.1, 0.15) is 17.3 Å². The highest BCUT2D eigenvalue weighted by Gasteiger charge is 2.31. The average molecular weight is 592 g/mol. The van der Waals surface area contributed by atoms with Crippen LogP contribution in [0.5, 0.6) is 11.5 Å². The summed E-state index contributed by atoms with van der Waals surface area (Å²) in [6, 6.07) is 15.8. The molecular weight excluding hydrogens is 561 g/mol. The van der Waals surface area contributed by atoms with E-state index in [4.69, 9.17) is 9.47 Å². The van der Waals surface area contributed by atoms with Gasteiger partial charge in [0.15, 0.2) is 0 Å². The van der Waals surface area contributed by atoms with E-state index in [1.54, 1.807) is 12.1 Å². The van der Waals surface area contributed by atoms with Gasteiger partial charge in [0, 0.05) is 30.8 Å². The maximum atomic E-state index is 13.1. The zero-order chi connectivity index (χ0) is 28.9. The Morgan fingerprint density at radius 1 is 0.925 bits per heavy atom. The molecule has 0 aliphatic carbocycles. The second kappa shape index (κ2) is 12.2. The number of carbonyl (C=O) groups is 1. The van der Waals surface area contributed by atoms with Gasteiger partial charge in [-0.3, -0.25) is 9.52 Å². The van der Waals surface area contributed by atoms with Crippen LogP contribution in [0, 0.1) is 11.7 Å². The number of amides is 1. The molecule has 0 radical (unpaired) electrons. The molecule has 13 heteroatoms. The highest BCUT2D eigenvalue weighted by molar-refractivity contribution is 7.92. The van der Waals surface area contributed by atoms with Crippen molar-refractivity contribution in [2.45, 2.75) is 23.5 Å². The molecule has 1 heterocycles. The zero-order valence-electron chi connectivity index (χ0n) is 22.0. The Balaban J connectivity index is 1.33. The standard InChI is InChI=1S/C27H30FN3O7S2/c1-37-23-9-12-26(38-2)25(17-23)30-40(35,36)24-10-7-22(8-11-24)29-27(32)20-13-15-31(16-14-20)39(33,34)18-19-3-5-21(28)6-4-19/h3-12,17,20,30H,13-16,18H2,1-2H3,(H,29,32). The van der Waals surface area contributed by atoms with Gasteiger partial charge in [0.25, 0.3) is 10.0 Å². The lowest BCUT2D eigenvalue weighted by Gasteiger charge is -2.30. The van der Waals surface area contributed by atoms with Crippen LogP contribution in [-0.4, -0.2) is 54.4 Å². The van der Waals surface area contributed by atoms with Crippen molar-refractivity contribution in [1.82, 2.24) is 4.31 Å². The van der Waals surface area contributed by atoms with E-state index in [1.165, 1.54) is 73.1 Å². The molecule has 1 fully saturated rings. The van der Waals surface area contributed by atoms with Gasteiger partial charge in [-0.1, -0.05) is 12.1 Å². The van der Waals surface area contributed by atoms with Gasteiger partial charge in [-0.25, -0.2) is 25.5 Å². The predicted octanol–water partition coefficient (Wildman–Crippen LogP) is 3.82. The molecule has 0 bridgehead atoms. The summed E-state index contributed by atoms with van der Waals surface area (Å²) < 4.78 is 78.7. The van der Waals surface area contributed by atoms with Gasteiger partial charge in [-0.2, -0.15) is 0 Å². The van der Waals surface area contributed by atoms with Crippen molar-refractivity contribution >= 4 is 37.3 Å². The molecule has 1 saturated heterocycles. The number of carbonyl (C=O) groups excluding carboxylic acids is 1. The number of piperidine rings is 1. The quantitative estimate of drug-likeness (QED) is 0.367. The number of nitrogens with zero attached hydrogens (tertiary/aromatic N) is 1. The number of benzene rings is 3. The molecule has 1 aliphatic heterocycles. The summed E-state index contributed by atoms with van der Waals surface area (Å²) in [5.41, 5.74) is 1.11. The lowest BCUT2D eigenvalue weighted by molar-refractivity contribution is -0.120. The molecule has 3 aromatic rings. The van der Waals surface area contributed by atoms with Crippen LogP contribution in [0.1, 0.15) is 18.4 Å². The number of halogens is 1. The van der Waals surface area contributed by atoms with Crippen LogP contribution in [-0.2, 0) is 30.6 Å². The van der Waals surface area contributed by atoms with E-state index in [2.05, 4.69) is 10.0 Å².